The molecule has 5 heteroatoms. The van der Waals surface area contributed by atoms with Crippen molar-refractivity contribution in [3.8, 4) is 17.0 Å². The SMILES string of the molecule is Cc1cc(I)c(O)c(-c2csnn2)c1. The molecule has 3 nitrogen and oxygen atoms in total. The van der Waals surface area contributed by atoms with Gasteiger partial charge in [0.25, 0.3) is 0 Å². The third kappa shape index (κ3) is 1.74. The monoisotopic (exact) mass is 318 g/mol. The molecule has 0 saturated carbocycles. The zero-order chi connectivity index (χ0) is 10.1. The molecule has 0 fully saturated rings. The fourth-order valence-electron chi connectivity index (χ4n) is 1.21. The number of aryl methyl sites for hydroxylation is 1. The number of phenolic OH excluding ortho intramolecular Hbond substituents is 1. The number of hydrogen-bond donors (Lipinski definition) is 1. The topological polar surface area (TPSA) is 46.0 Å². The minimum atomic E-state index is 0.281. The van der Waals surface area contributed by atoms with Crippen LogP contribution < -0.4 is 0 Å². The van der Waals surface area contributed by atoms with Gasteiger partial charge in [0.1, 0.15) is 11.4 Å². The summed E-state index contributed by atoms with van der Waals surface area (Å²) in [6.45, 7) is 1.99. The summed E-state index contributed by atoms with van der Waals surface area (Å²) in [5.74, 6) is 0.281. The van der Waals surface area contributed by atoms with Crippen LogP contribution in [0.4, 0.5) is 0 Å². The Balaban J connectivity index is 2.64. The van der Waals surface area contributed by atoms with E-state index in [1.165, 1.54) is 11.5 Å². The highest BCUT2D eigenvalue weighted by molar-refractivity contribution is 14.1. The summed E-state index contributed by atoms with van der Waals surface area (Å²) in [6.07, 6.45) is 0. The van der Waals surface area contributed by atoms with E-state index in [2.05, 4.69) is 32.2 Å². The lowest BCUT2D eigenvalue weighted by atomic mass is 10.1. The number of halogens is 1. The van der Waals surface area contributed by atoms with Crippen molar-refractivity contribution in [1.82, 2.24) is 9.59 Å². The number of benzene rings is 1. The molecule has 1 aromatic heterocycles. The van der Waals surface area contributed by atoms with Gasteiger partial charge in [0, 0.05) is 10.9 Å². The van der Waals surface area contributed by atoms with E-state index in [0.29, 0.717) is 0 Å². The third-order valence-electron chi connectivity index (χ3n) is 1.84. The summed E-state index contributed by atoms with van der Waals surface area (Å²) in [5.41, 5.74) is 2.59. The van der Waals surface area contributed by atoms with Gasteiger partial charge in [0.05, 0.1) is 3.57 Å². The highest BCUT2D eigenvalue weighted by Gasteiger charge is 2.10. The first-order valence-electron chi connectivity index (χ1n) is 3.95. The molecule has 0 unspecified atom stereocenters. The molecule has 14 heavy (non-hydrogen) atoms. The van der Waals surface area contributed by atoms with Gasteiger partial charge in [-0.15, -0.1) is 5.10 Å². The molecule has 0 bridgehead atoms. The zero-order valence-corrected chi connectivity index (χ0v) is 10.3. The fraction of sp³-hybridized carbons (Fsp3) is 0.111. The van der Waals surface area contributed by atoms with Crippen LogP contribution in [0.5, 0.6) is 5.75 Å². The lowest BCUT2D eigenvalue weighted by Crippen LogP contribution is -1.85. The second-order valence-corrected chi connectivity index (χ2v) is 4.71. The zero-order valence-electron chi connectivity index (χ0n) is 7.36. The van der Waals surface area contributed by atoms with Crippen LogP contribution >= 0.6 is 34.1 Å². The number of aromatic nitrogens is 2. The molecule has 0 atom stereocenters. The molecule has 1 heterocycles. The van der Waals surface area contributed by atoms with E-state index in [9.17, 15) is 5.11 Å². The molecule has 0 saturated heterocycles. The highest BCUT2D eigenvalue weighted by atomic mass is 127. The molecule has 72 valence electrons. The maximum atomic E-state index is 9.82. The lowest BCUT2D eigenvalue weighted by Gasteiger charge is -2.04. The largest absolute Gasteiger partial charge is 0.506 e. The maximum absolute atomic E-state index is 9.82. The van der Waals surface area contributed by atoms with Crippen molar-refractivity contribution >= 4 is 34.1 Å². The smallest absolute Gasteiger partial charge is 0.138 e. The normalized spacial score (nSPS) is 10.4. The van der Waals surface area contributed by atoms with Crippen LogP contribution in [-0.2, 0) is 0 Å². The van der Waals surface area contributed by atoms with Gasteiger partial charge in [0.2, 0.25) is 0 Å². The van der Waals surface area contributed by atoms with Gasteiger partial charge in [-0.2, -0.15) is 0 Å². The van der Waals surface area contributed by atoms with Gasteiger partial charge in [-0.05, 0) is 58.7 Å². The molecule has 0 aliphatic heterocycles. The van der Waals surface area contributed by atoms with Gasteiger partial charge in [-0.3, -0.25) is 0 Å². The maximum Gasteiger partial charge on any atom is 0.138 e. The van der Waals surface area contributed by atoms with Crippen molar-refractivity contribution in [3.05, 3.63) is 26.6 Å². The number of rotatable bonds is 1. The van der Waals surface area contributed by atoms with Crippen LogP contribution in [0.3, 0.4) is 0 Å². The van der Waals surface area contributed by atoms with E-state index in [1.807, 2.05) is 24.4 Å². The molecule has 0 aliphatic rings. The minimum absolute atomic E-state index is 0.281. The standard InChI is InChI=1S/C9H7IN2OS/c1-5-2-6(8-4-14-12-11-8)9(13)7(10)3-5/h2-4,13H,1H3. The van der Waals surface area contributed by atoms with Gasteiger partial charge in [0.15, 0.2) is 0 Å². The molecule has 2 rings (SSSR count). The van der Waals surface area contributed by atoms with Crippen LogP contribution in [0, 0.1) is 10.5 Å². The Morgan fingerprint density at radius 2 is 2.21 bits per heavy atom. The quantitative estimate of drug-likeness (QED) is 0.823. The summed E-state index contributed by atoms with van der Waals surface area (Å²) < 4.78 is 4.62. The van der Waals surface area contributed by atoms with Gasteiger partial charge in [-0.25, -0.2) is 0 Å². The van der Waals surface area contributed by atoms with E-state index in [0.717, 1.165) is 20.4 Å². The Morgan fingerprint density at radius 1 is 1.43 bits per heavy atom. The third-order valence-corrected chi connectivity index (χ3v) is 3.17. The second-order valence-electron chi connectivity index (χ2n) is 2.93. The van der Waals surface area contributed by atoms with Gasteiger partial charge in [-0.1, -0.05) is 4.49 Å². The first-order valence-corrected chi connectivity index (χ1v) is 5.86. The predicted octanol–water partition coefficient (Wildman–Crippen LogP) is 2.82. The highest BCUT2D eigenvalue weighted by Crippen LogP contribution is 2.33. The van der Waals surface area contributed by atoms with Crippen molar-refractivity contribution in [3.63, 3.8) is 0 Å². The van der Waals surface area contributed by atoms with E-state index < -0.39 is 0 Å². The Hall–Kier alpha value is -0.690. The number of phenols is 1. The Bertz CT molecular complexity index is 456. The summed E-state index contributed by atoms with van der Waals surface area (Å²) in [5, 5.41) is 15.6. The van der Waals surface area contributed by atoms with Crippen LogP contribution in [0.2, 0.25) is 0 Å². The average molecular weight is 318 g/mol. The van der Waals surface area contributed by atoms with Crippen molar-refractivity contribution in [2.24, 2.45) is 0 Å². The fourth-order valence-corrected chi connectivity index (χ4v) is 2.45. The first kappa shape index (κ1) is 9.85. The number of aromatic hydroxyl groups is 1. The van der Waals surface area contributed by atoms with E-state index in [-0.39, 0.29) is 5.75 Å². The van der Waals surface area contributed by atoms with Crippen LogP contribution in [0.15, 0.2) is 17.5 Å². The van der Waals surface area contributed by atoms with E-state index >= 15 is 0 Å². The minimum Gasteiger partial charge on any atom is -0.506 e. The van der Waals surface area contributed by atoms with Gasteiger partial charge < -0.3 is 5.11 Å². The lowest BCUT2D eigenvalue weighted by molar-refractivity contribution is 0.473. The molecule has 0 spiro atoms. The second kappa shape index (κ2) is 3.82. The molecule has 0 aliphatic carbocycles. The summed E-state index contributed by atoms with van der Waals surface area (Å²) in [6, 6.07) is 3.84. The Morgan fingerprint density at radius 3 is 2.86 bits per heavy atom. The molecule has 2 aromatic rings. The van der Waals surface area contributed by atoms with Crippen LogP contribution in [0.25, 0.3) is 11.3 Å². The molecule has 1 N–H and O–H groups in total. The van der Waals surface area contributed by atoms with Crippen molar-refractivity contribution in [1.29, 1.82) is 0 Å². The first-order chi connectivity index (χ1) is 6.68. The average Bonchev–Trinajstić information content (AvgIpc) is 2.63. The summed E-state index contributed by atoms with van der Waals surface area (Å²) in [7, 11) is 0. The van der Waals surface area contributed by atoms with Crippen molar-refractivity contribution in [2.45, 2.75) is 6.92 Å². The molecule has 0 radical (unpaired) electrons. The molecule has 1 aromatic carbocycles. The van der Waals surface area contributed by atoms with Crippen molar-refractivity contribution < 1.29 is 5.11 Å². The summed E-state index contributed by atoms with van der Waals surface area (Å²) >= 11 is 3.39. The van der Waals surface area contributed by atoms with E-state index in [4.69, 9.17) is 0 Å². The number of hydrogen-bond acceptors (Lipinski definition) is 4. The summed E-state index contributed by atoms with van der Waals surface area (Å²) in [4.78, 5) is 0. The van der Waals surface area contributed by atoms with E-state index in [1.54, 1.807) is 0 Å². The molecular formula is C9H7IN2OS. The van der Waals surface area contributed by atoms with Gasteiger partial charge >= 0.3 is 0 Å². The van der Waals surface area contributed by atoms with Crippen LogP contribution in [0.1, 0.15) is 5.56 Å². The van der Waals surface area contributed by atoms with Crippen molar-refractivity contribution in [2.75, 3.05) is 0 Å². The number of nitrogens with zero attached hydrogens (tertiary/aromatic N) is 2. The Labute approximate surface area is 99.1 Å². The Kier molecular flexibility index (Phi) is 2.69. The van der Waals surface area contributed by atoms with Crippen LogP contribution in [-0.4, -0.2) is 14.7 Å². The molecule has 0 amide bonds. The molecular weight excluding hydrogens is 311 g/mol. The predicted molar refractivity (Wildman–Crippen MR) is 64.5 cm³/mol.